The molecule has 6 heteroatoms. The van der Waals surface area contributed by atoms with Crippen LogP contribution >= 0.6 is 11.8 Å². The fourth-order valence-corrected chi connectivity index (χ4v) is 3.72. The van der Waals surface area contributed by atoms with Gasteiger partial charge in [-0.1, -0.05) is 0 Å². The Hall–Kier alpha value is -1.01. The second kappa shape index (κ2) is 6.40. The van der Waals surface area contributed by atoms with Crippen molar-refractivity contribution in [3.05, 3.63) is 11.4 Å². The molecule has 0 saturated heterocycles. The van der Waals surface area contributed by atoms with Crippen molar-refractivity contribution in [2.75, 3.05) is 17.0 Å². The minimum atomic E-state index is 0.527. The van der Waals surface area contributed by atoms with Crippen LogP contribution in [0.25, 0.3) is 0 Å². The van der Waals surface area contributed by atoms with E-state index >= 15 is 0 Å². The Morgan fingerprint density at radius 3 is 2.29 bits per heavy atom. The van der Waals surface area contributed by atoms with Crippen LogP contribution in [0.2, 0.25) is 0 Å². The van der Waals surface area contributed by atoms with Crippen molar-refractivity contribution in [1.82, 2.24) is 9.97 Å². The summed E-state index contributed by atoms with van der Waals surface area (Å²) >= 11 is 2.00. The van der Waals surface area contributed by atoms with Gasteiger partial charge in [0.1, 0.15) is 17.5 Å². The molecule has 116 valence electrons. The molecule has 0 aromatic carbocycles. The van der Waals surface area contributed by atoms with Crippen molar-refractivity contribution >= 4 is 23.4 Å². The second-order valence-corrected chi connectivity index (χ2v) is 7.31. The maximum Gasteiger partial charge on any atom is 0.148 e. The summed E-state index contributed by atoms with van der Waals surface area (Å²) in [5, 5.41) is 4.47. The zero-order chi connectivity index (χ0) is 14.8. The number of rotatable bonds is 5. The van der Waals surface area contributed by atoms with Gasteiger partial charge in [0.15, 0.2) is 0 Å². The Kier molecular flexibility index (Phi) is 4.54. The number of nitrogen functional groups attached to an aromatic ring is 1. The molecule has 5 nitrogen and oxygen atoms in total. The SMILES string of the molecule is CSC1CCC(Nc2nc(C3CC3)nc(NN)c2C)CC1. The van der Waals surface area contributed by atoms with E-state index in [2.05, 4.69) is 22.0 Å². The maximum atomic E-state index is 5.61. The molecule has 21 heavy (non-hydrogen) atoms. The van der Waals surface area contributed by atoms with E-state index in [1.54, 1.807) is 0 Å². The molecule has 1 aromatic rings. The van der Waals surface area contributed by atoms with Gasteiger partial charge in [0.25, 0.3) is 0 Å². The van der Waals surface area contributed by atoms with Crippen molar-refractivity contribution in [2.24, 2.45) is 5.84 Å². The molecule has 2 fully saturated rings. The summed E-state index contributed by atoms with van der Waals surface area (Å²) in [6.07, 6.45) is 9.64. The number of anilines is 2. The van der Waals surface area contributed by atoms with Gasteiger partial charge >= 0.3 is 0 Å². The van der Waals surface area contributed by atoms with Crippen molar-refractivity contribution in [3.63, 3.8) is 0 Å². The molecule has 0 aliphatic heterocycles. The summed E-state index contributed by atoms with van der Waals surface area (Å²) in [5.41, 5.74) is 3.74. The fraction of sp³-hybridized carbons (Fsp3) is 0.733. The molecule has 0 bridgehead atoms. The van der Waals surface area contributed by atoms with Gasteiger partial charge in [0.05, 0.1) is 0 Å². The van der Waals surface area contributed by atoms with E-state index in [1.807, 2.05) is 18.7 Å². The van der Waals surface area contributed by atoms with Crippen molar-refractivity contribution in [3.8, 4) is 0 Å². The number of aromatic nitrogens is 2. The lowest BCUT2D eigenvalue weighted by Gasteiger charge is -2.29. The Labute approximate surface area is 130 Å². The number of hydrazine groups is 1. The molecule has 1 heterocycles. The summed E-state index contributed by atoms with van der Waals surface area (Å²) in [4.78, 5) is 9.29. The third-order valence-corrected chi connectivity index (χ3v) is 5.73. The summed E-state index contributed by atoms with van der Waals surface area (Å²) in [5.74, 6) is 8.80. The summed E-state index contributed by atoms with van der Waals surface area (Å²) < 4.78 is 0. The minimum absolute atomic E-state index is 0.527. The lowest BCUT2D eigenvalue weighted by atomic mass is 9.95. The summed E-state index contributed by atoms with van der Waals surface area (Å²) in [7, 11) is 0. The quantitative estimate of drug-likeness (QED) is 0.573. The molecule has 4 N–H and O–H groups in total. The molecule has 0 spiro atoms. The van der Waals surface area contributed by atoms with E-state index in [0.29, 0.717) is 12.0 Å². The van der Waals surface area contributed by atoms with Gasteiger partial charge in [-0.15, -0.1) is 0 Å². The number of nitrogens with one attached hydrogen (secondary N) is 2. The Morgan fingerprint density at radius 1 is 1.05 bits per heavy atom. The van der Waals surface area contributed by atoms with E-state index in [0.717, 1.165) is 28.3 Å². The van der Waals surface area contributed by atoms with Crippen LogP contribution in [0.3, 0.4) is 0 Å². The van der Waals surface area contributed by atoms with Gasteiger partial charge in [0, 0.05) is 22.8 Å². The third kappa shape index (κ3) is 3.43. The van der Waals surface area contributed by atoms with E-state index in [-0.39, 0.29) is 0 Å². The standard InChI is InChI=1S/C15H25N5S/c1-9-13(17-11-5-7-12(21-2)8-6-11)18-15(10-3-4-10)19-14(9)20-16/h10-12H,3-8,16H2,1-2H3,(H2,17,18,19,20). The van der Waals surface area contributed by atoms with Crippen molar-refractivity contribution in [1.29, 1.82) is 0 Å². The van der Waals surface area contributed by atoms with Gasteiger partial charge in [-0.05, 0) is 51.7 Å². The first kappa shape index (κ1) is 14.9. The topological polar surface area (TPSA) is 75.9 Å². The smallest absolute Gasteiger partial charge is 0.148 e. The fourth-order valence-electron chi connectivity index (χ4n) is 2.98. The Bertz CT molecular complexity index is 495. The Morgan fingerprint density at radius 2 is 1.71 bits per heavy atom. The minimum Gasteiger partial charge on any atom is -0.367 e. The van der Waals surface area contributed by atoms with E-state index in [1.165, 1.54) is 38.5 Å². The zero-order valence-electron chi connectivity index (χ0n) is 12.9. The Balaban J connectivity index is 1.73. The highest BCUT2D eigenvalue weighted by Gasteiger charge is 2.29. The normalized spacial score (nSPS) is 25.7. The number of hydrogen-bond acceptors (Lipinski definition) is 6. The van der Waals surface area contributed by atoms with Gasteiger partial charge in [-0.2, -0.15) is 11.8 Å². The van der Waals surface area contributed by atoms with Crippen molar-refractivity contribution < 1.29 is 0 Å². The van der Waals surface area contributed by atoms with Gasteiger partial charge in [0.2, 0.25) is 0 Å². The molecule has 2 aliphatic rings. The van der Waals surface area contributed by atoms with Crippen LogP contribution in [0.5, 0.6) is 0 Å². The predicted molar refractivity (Wildman–Crippen MR) is 89.7 cm³/mol. The molecule has 0 amide bonds. The highest BCUT2D eigenvalue weighted by molar-refractivity contribution is 7.99. The lowest BCUT2D eigenvalue weighted by molar-refractivity contribution is 0.472. The molecule has 0 atom stereocenters. The average molecular weight is 307 g/mol. The summed E-state index contributed by atoms with van der Waals surface area (Å²) in [6, 6.07) is 0.527. The monoisotopic (exact) mass is 307 g/mol. The molecule has 0 radical (unpaired) electrons. The highest BCUT2D eigenvalue weighted by Crippen LogP contribution is 2.39. The first-order chi connectivity index (χ1) is 10.2. The van der Waals surface area contributed by atoms with Crippen LogP contribution in [-0.4, -0.2) is 27.5 Å². The molecule has 0 unspecified atom stereocenters. The largest absolute Gasteiger partial charge is 0.367 e. The molecule has 2 saturated carbocycles. The second-order valence-electron chi connectivity index (χ2n) is 6.18. The summed E-state index contributed by atoms with van der Waals surface area (Å²) in [6.45, 7) is 2.03. The van der Waals surface area contributed by atoms with Gasteiger partial charge in [-0.25, -0.2) is 15.8 Å². The lowest BCUT2D eigenvalue weighted by Crippen LogP contribution is -2.28. The van der Waals surface area contributed by atoms with E-state index in [4.69, 9.17) is 10.8 Å². The van der Waals surface area contributed by atoms with Gasteiger partial charge < -0.3 is 10.7 Å². The average Bonchev–Trinajstić information content (AvgIpc) is 3.35. The van der Waals surface area contributed by atoms with Crippen LogP contribution < -0.4 is 16.6 Å². The molecule has 2 aliphatic carbocycles. The van der Waals surface area contributed by atoms with Crippen molar-refractivity contribution in [2.45, 2.75) is 62.7 Å². The number of thioether (sulfide) groups is 1. The number of nitrogens with zero attached hydrogens (tertiary/aromatic N) is 2. The predicted octanol–water partition coefficient (Wildman–Crippen LogP) is 3.03. The van der Waals surface area contributed by atoms with Crippen LogP contribution in [0.15, 0.2) is 0 Å². The maximum absolute atomic E-state index is 5.61. The van der Waals surface area contributed by atoms with Gasteiger partial charge in [-0.3, -0.25) is 0 Å². The molecular formula is C15H25N5S. The number of hydrogen-bond donors (Lipinski definition) is 3. The highest BCUT2D eigenvalue weighted by atomic mass is 32.2. The first-order valence-electron chi connectivity index (χ1n) is 7.85. The van der Waals surface area contributed by atoms with E-state index in [9.17, 15) is 0 Å². The van der Waals surface area contributed by atoms with Crippen LogP contribution in [-0.2, 0) is 0 Å². The van der Waals surface area contributed by atoms with Crippen LogP contribution in [0, 0.1) is 6.92 Å². The third-order valence-electron chi connectivity index (χ3n) is 4.59. The molecule has 1 aromatic heterocycles. The molecular weight excluding hydrogens is 282 g/mol. The molecule has 3 rings (SSSR count). The zero-order valence-corrected chi connectivity index (χ0v) is 13.7. The first-order valence-corrected chi connectivity index (χ1v) is 9.14. The van der Waals surface area contributed by atoms with Crippen LogP contribution in [0.1, 0.15) is 55.8 Å². The number of nitrogens with two attached hydrogens (primary N) is 1. The van der Waals surface area contributed by atoms with Crippen LogP contribution in [0.4, 0.5) is 11.6 Å². The van der Waals surface area contributed by atoms with E-state index < -0.39 is 0 Å².